The first kappa shape index (κ1) is 23.9. The molecule has 0 aliphatic heterocycles. The van der Waals surface area contributed by atoms with E-state index in [0.717, 1.165) is 57.1 Å². The third-order valence-corrected chi connectivity index (χ3v) is 5.18. The summed E-state index contributed by atoms with van der Waals surface area (Å²) in [6.45, 7) is 6.66. The number of rotatable bonds is 14. The molecule has 0 saturated heterocycles. The summed E-state index contributed by atoms with van der Waals surface area (Å²) in [6, 6.07) is 6.83. The smallest absolute Gasteiger partial charge is 0.229 e. The number of unbranched alkanes of at least 4 members (excludes halogenated alkanes) is 2. The monoisotopic (exact) mass is 402 g/mol. The Kier molecular flexibility index (Phi) is 10.9. The number of halogens is 1. The number of hydrogen-bond donors (Lipinski definition) is 2. The van der Waals surface area contributed by atoms with Crippen molar-refractivity contribution in [3.8, 4) is 0 Å². The number of anilines is 1. The topological polar surface area (TPSA) is 69.6 Å². The van der Waals surface area contributed by atoms with Crippen molar-refractivity contribution in [1.82, 2.24) is 4.90 Å². The molecule has 0 aliphatic carbocycles. The zero-order valence-corrected chi connectivity index (χ0v) is 17.6. The minimum absolute atomic E-state index is 0.493. The second-order valence-electron chi connectivity index (χ2n) is 7.22. The number of nitrogens with zero attached hydrogens (tertiary/aromatic N) is 1. The van der Waals surface area contributed by atoms with Crippen LogP contribution in [-0.2, 0) is 10.0 Å². The lowest BCUT2D eigenvalue weighted by molar-refractivity contribution is 0.155. The number of nitrogens with one attached hydrogen (secondary N) is 1. The van der Waals surface area contributed by atoms with Gasteiger partial charge in [0.15, 0.2) is 0 Å². The minimum atomic E-state index is -3.29. The van der Waals surface area contributed by atoms with Crippen molar-refractivity contribution in [2.45, 2.75) is 64.6 Å². The second kappa shape index (κ2) is 12.3. The van der Waals surface area contributed by atoms with Crippen molar-refractivity contribution in [1.29, 1.82) is 0 Å². The predicted octanol–water partition coefficient (Wildman–Crippen LogP) is 4.11. The number of aliphatic hydroxyl groups excluding tert-OH is 1. The van der Waals surface area contributed by atoms with E-state index in [4.69, 9.17) is 0 Å². The van der Waals surface area contributed by atoms with Gasteiger partial charge in [-0.15, -0.1) is 0 Å². The molecule has 0 aromatic heterocycles. The highest BCUT2D eigenvalue weighted by molar-refractivity contribution is 7.92. The molecule has 156 valence electrons. The molecule has 1 unspecified atom stereocenters. The van der Waals surface area contributed by atoms with Crippen LogP contribution in [0.2, 0.25) is 0 Å². The highest BCUT2D eigenvalue weighted by Crippen LogP contribution is 2.21. The fourth-order valence-corrected chi connectivity index (χ4v) is 3.59. The second-order valence-corrected chi connectivity index (χ2v) is 8.97. The maximum Gasteiger partial charge on any atom is 0.229 e. The Bertz CT molecular complexity index is 621. The van der Waals surface area contributed by atoms with Crippen LogP contribution in [0, 0.1) is 0 Å². The van der Waals surface area contributed by atoms with Gasteiger partial charge in [0.1, 0.15) is 0 Å². The average molecular weight is 403 g/mol. The number of alkyl halides is 1. The molecule has 1 aromatic carbocycles. The maximum absolute atomic E-state index is 12.8. The summed E-state index contributed by atoms with van der Waals surface area (Å²) in [5.41, 5.74) is 1.28. The van der Waals surface area contributed by atoms with Crippen molar-refractivity contribution in [3.63, 3.8) is 0 Å². The molecule has 0 amide bonds. The third-order valence-electron chi connectivity index (χ3n) is 4.57. The van der Waals surface area contributed by atoms with Crippen LogP contribution >= 0.6 is 0 Å². The van der Waals surface area contributed by atoms with E-state index < -0.39 is 22.3 Å². The zero-order chi connectivity index (χ0) is 20.3. The quantitative estimate of drug-likeness (QED) is 0.460. The van der Waals surface area contributed by atoms with Crippen molar-refractivity contribution in [2.75, 3.05) is 30.6 Å². The van der Waals surface area contributed by atoms with Gasteiger partial charge in [-0.2, -0.15) is 0 Å². The van der Waals surface area contributed by atoms with Gasteiger partial charge in [0.2, 0.25) is 10.0 Å². The van der Waals surface area contributed by atoms with Crippen LogP contribution in [-0.4, -0.2) is 50.5 Å². The number of sulfonamides is 1. The standard InChI is InChI=1S/C20H35FN2O3S/c1-4-23(15-7-5-6-9-17(2)21)16-8-10-20(24)18-11-13-19(14-12-18)22-27(3,25)26/h11-14,17,20,22,24H,4-10,15-16H2,1-3H3/t17?,20-/m0/s1. The van der Waals surface area contributed by atoms with Crippen LogP contribution in [0.25, 0.3) is 0 Å². The zero-order valence-electron chi connectivity index (χ0n) is 16.8. The van der Waals surface area contributed by atoms with Crippen LogP contribution in [0.5, 0.6) is 0 Å². The summed E-state index contributed by atoms with van der Waals surface area (Å²) in [4.78, 5) is 2.37. The molecular weight excluding hydrogens is 367 g/mol. The largest absolute Gasteiger partial charge is 0.388 e. The Morgan fingerprint density at radius 3 is 2.26 bits per heavy atom. The molecule has 0 saturated carbocycles. The van der Waals surface area contributed by atoms with Crippen LogP contribution < -0.4 is 4.72 Å². The molecule has 2 atom stereocenters. The Morgan fingerprint density at radius 2 is 1.70 bits per heavy atom. The van der Waals surface area contributed by atoms with Crippen LogP contribution in [0.4, 0.5) is 10.1 Å². The van der Waals surface area contributed by atoms with E-state index in [2.05, 4.69) is 16.5 Å². The van der Waals surface area contributed by atoms with E-state index in [1.807, 2.05) is 0 Å². The molecule has 1 rings (SSSR count). The summed E-state index contributed by atoms with van der Waals surface area (Å²) < 4.78 is 37.6. The van der Waals surface area contributed by atoms with Crippen molar-refractivity contribution < 1.29 is 17.9 Å². The molecule has 1 aromatic rings. The van der Waals surface area contributed by atoms with Crippen LogP contribution in [0.15, 0.2) is 24.3 Å². The lowest BCUT2D eigenvalue weighted by atomic mass is 10.0. The van der Waals surface area contributed by atoms with E-state index in [9.17, 15) is 17.9 Å². The number of aliphatic hydroxyl groups is 1. The van der Waals surface area contributed by atoms with Gasteiger partial charge in [-0.05, 0) is 69.9 Å². The molecule has 7 heteroatoms. The van der Waals surface area contributed by atoms with Gasteiger partial charge in [-0.1, -0.05) is 31.9 Å². The minimum Gasteiger partial charge on any atom is -0.388 e. The Morgan fingerprint density at radius 1 is 1.07 bits per heavy atom. The van der Waals surface area contributed by atoms with E-state index in [1.54, 1.807) is 31.2 Å². The summed E-state index contributed by atoms with van der Waals surface area (Å²) in [5.74, 6) is 0. The Labute approximate surface area is 164 Å². The number of hydrogen-bond acceptors (Lipinski definition) is 4. The van der Waals surface area contributed by atoms with Crippen LogP contribution in [0.1, 0.15) is 64.0 Å². The summed E-state index contributed by atoms with van der Waals surface area (Å²) in [7, 11) is -3.29. The first-order valence-electron chi connectivity index (χ1n) is 9.83. The molecule has 0 fully saturated rings. The first-order valence-corrected chi connectivity index (χ1v) is 11.7. The van der Waals surface area contributed by atoms with E-state index in [1.165, 1.54) is 0 Å². The molecule has 0 spiro atoms. The molecule has 0 radical (unpaired) electrons. The highest BCUT2D eigenvalue weighted by atomic mass is 32.2. The number of benzene rings is 1. The van der Waals surface area contributed by atoms with Gasteiger partial charge in [-0.3, -0.25) is 4.72 Å². The molecule has 27 heavy (non-hydrogen) atoms. The van der Waals surface area contributed by atoms with E-state index in [0.29, 0.717) is 18.5 Å². The fourth-order valence-electron chi connectivity index (χ4n) is 3.03. The molecule has 0 bridgehead atoms. The third kappa shape index (κ3) is 11.3. The average Bonchev–Trinajstić information content (AvgIpc) is 2.58. The molecule has 2 N–H and O–H groups in total. The van der Waals surface area contributed by atoms with Gasteiger partial charge >= 0.3 is 0 Å². The SMILES string of the molecule is CCN(CCCCCC(C)F)CCC[C@H](O)c1ccc(NS(C)(=O)=O)cc1. The maximum atomic E-state index is 12.8. The molecular formula is C20H35FN2O3S. The van der Waals surface area contributed by atoms with Crippen LogP contribution in [0.3, 0.4) is 0 Å². The lowest BCUT2D eigenvalue weighted by Gasteiger charge is -2.21. The van der Waals surface area contributed by atoms with Crippen molar-refractivity contribution in [3.05, 3.63) is 29.8 Å². The Balaban J connectivity index is 2.30. The van der Waals surface area contributed by atoms with E-state index in [-0.39, 0.29) is 0 Å². The predicted molar refractivity (Wildman–Crippen MR) is 110 cm³/mol. The summed E-state index contributed by atoms with van der Waals surface area (Å²) in [6.07, 6.45) is 5.13. The van der Waals surface area contributed by atoms with Gasteiger partial charge in [0, 0.05) is 5.69 Å². The highest BCUT2D eigenvalue weighted by Gasteiger charge is 2.10. The van der Waals surface area contributed by atoms with E-state index >= 15 is 0 Å². The lowest BCUT2D eigenvalue weighted by Crippen LogP contribution is -2.26. The normalized spacial score (nSPS) is 14.3. The van der Waals surface area contributed by atoms with Gasteiger partial charge in [-0.25, -0.2) is 12.8 Å². The van der Waals surface area contributed by atoms with Gasteiger partial charge < -0.3 is 10.0 Å². The molecule has 5 nitrogen and oxygen atoms in total. The Hall–Kier alpha value is -1.18. The summed E-state index contributed by atoms with van der Waals surface area (Å²) >= 11 is 0. The van der Waals surface area contributed by atoms with Crippen molar-refractivity contribution >= 4 is 15.7 Å². The summed E-state index contributed by atoms with van der Waals surface area (Å²) in [5, 5.41) is 10.3. The van der Waals surface area contributed by atoms with Crippen molar-refractivity contribution in [2.24, 2.45) is 0 Å². The fraction of sp³-hybridized carbons (Fsp3) is 0.700. The molecule has 0 aliphatic rings. The van der Waals surface area contributed by atoms with Gasteiger partial charge in [0.05, 0.1) is 18.5 Å². The van der Waals surface area contributed by atoms with Gasteiger partial charge in [0.25, 0.3) is 0 Å². The first-order chi connectivity index (χ1) is 12.7. The molecule has 0 heterocycles.